The summed E-state index contributed by atoms with van der Waals surface area (Å²) in [5.74, 6) is -0.667. The molecule has 108 valence electrons. The van der Waals surface area contributed by atoms with Crippen molar-refractivity contribution in [1.82, 2.24) is 10.3 Å². The molecule has 6 nitrogen and oxygen atoms in total. The van der Waals surface area contributed by atoms with Crippen molar-refractivity contribution in [2.45, 2.75) is 18.9 Å². The lowest BCUT2D eigenvalue weighted by molar-refractivity contribution is -0.145. The predicted molar refractivity (Wildman–Crippen MR) is 73.6 cm³/mol. The van der Waals surface area contributed by atoms with Crippen molar-refractivity contribution in [2.75, 3.05) is 0 Å². The summed E-state index contributed by atoms with van der Waals surface area (Å²) in [6.45, 7) is 0. The van der Waals surface area contributed by atoms with E-state index in [1.165, 1.54) is 6.39 Å². The van der Waals surface area contributed by atoms with Gasteiger partial charge in [-0.2, -0.15) is 0 Å². The molecule has 21 heavy (non-hydrogen) atoms. The summed E-state index contributed by atoms with van der Waals surface area (Å²) in [6.07, 6.45) is 3.95. The zero-order valence-corrected chi connectivity index (χ0v) is 11.2. The standard InChI is InChI=1S/C15H14N2O4/c18-14(17-12-5-11(6-12)15(19)20)10-3-1-9(2-4-10)13-7-16-8-21-13/h1-4,7-8,11-12H,5-6H2,(H,17,18)(H,19,20). The van der Waals surface area contributed by atoms with E-state index in [2.05, 4.69) is 10.3 Å². The molecule has 2 aromatic rings. The number of rotatable bonds is 4. The number of nitrogens with one attached hydrogen (secondary N) is 1. The topological polar surface area (TPSA) is 92.4 Å². The fourth-order valence-electron chi connectivity index (χ4n) is 2.35. The van der Waals surface area contributed by atoms with Crippen LogP contribution >= 0.6 is 0 Å². The molecule has 1 aromatic heterocycles. The van der Waals surface area contributed by atoms with Gasteiger partial charge in [0.15, 0.2) is 12.2 Å². The van der Waals surface area contributed by atoms with Crippen LogP contribution in [0.15, 0.2) is 41.3 Å². The summed E-state index contributed by atoms with van der Waals surface area (Å²) >= 11 is 0. The zero-order valence-electron chi connectivity index (χ0n) is 11.2. The zero-order chi connectivity index (χ0) is 14.8. The van der Waals surface area contributed by atoms with Crippen molar-refractivity contribution < 1.29 is 19.1 Å². The van der Waals surface area contributed by atoms with Gasteiger partial charge in [-0.05, 0) is 25.0 Å². The lowest BCUT2D eigenvalue weighted by Crippen LogP contribution is -2.46. The highest BCUT2D eigenvalue weighted by Crippen LogP contribution is 2.27. The van der Waals surface area contributed by atoms with Crippen LogP contribution in [0.1, 0.15) is 23.2 Å². The van der Waals surface area contributed by atoms with Crippen LogP contribution in [0.4, 0.5) is 0 Å². The van der Waals surface area contributed by atoms with Crippen LogP contribution in [0, 0.1) is 5.92 Å². The second kappa shape index (κ2) is 5.40. The van der Waals surface area contributed by atoms with Gasteiger partial charge in [-0.3, -0.25) is 9.59 Å². The highest BCUT2D eigenvalue weighted by atomic mass is 16.4. The lowest BCUT2D eigenvalue weighted by atomic mass is 9.80. The van der Waals surface area contributed by atoms with Crippen LogP contribution in [0.25, 0.3) is 11.3 Å². The monoisotopic (exact) mass is 286 g/mol. The Labute approximate surface area is 120 Å². The summed E-state index contributed by atoms with van der Waals surface area (Å²) < 4.78 is 5.18. The predicted octanol–water partition coefficient (Wildman–Crippen LogP) is 1.93. The molecule has 1 heterocycles. The molecule has 1 aliphatic rings. The molecule has 3 rings (SSSR count). The number of hydrogen-bond acceptors (Lipinski definition) is 4. The third-order valence-electron chi connectivity index (χ3n) is 3.69. The van der Waals surface area contributed by atoms with Gasteiger partial charge in [0.25, 0.3) is 5.91 Å². The number of benzene rings is 1. The van der Waals surface area contributed by atoms with Gasteiger partial charge >= 0.3 is 5.97 Å². The Balaban J connectivity index is 1.60. The van der Waals surface area contributed by atoms with Gasteiger partial charge < -0.3 is 14.8 Å². The Morgan fingerprint density at radius 2 is 1.95 bits per heavy atom. The number of aliphatic carboxylic acids is 1. The Kier molecular flexibility index (Phi) is 3.43. The molecule has 1 aromatic carbocycles. The summed E-state index contributed by atoms with van der Waals surface area (Å²) in [6, 6.07) is 6.95. The number of carbonyl (C=O) groups is 2. The minimum atomic E-state index is -0.795. The van der Waals surface area contributed by atoms with Crippen molar-refractivity contribution in [3.05, 3.63) is 42.4 Å². The number of amides is 1. The summed E-state index contributed by atoms with van der Waals surface area (Å²) in [5.41, 5.74) is 1.38. The Bertz CT molecular complexity index is 643. The SMILES string of the molecule is O=C(NC1CC(C(=O)O)C1)c1ccc(-c2cnco2)cc1. The first-order valence-electron chi connectivity index (χ1n) is 6.66. The number of carbonyl (C=O) groups excluding carboxylic acids is 1. The number of carboxylic acids is 1. The minimum Gasteiger partial charge on any atom is -0.481 e. The number of oxazole rings is 1. The van der Waals surface area contributed by atoms with Gasteiger partial charge in [-0.1, -0.05) is 12.1 Å². The molecule has 0 unspecified atom stereocenters. The Morgan fingerprint density at radius 1 is 1.24 bits per heavy atom. The Hall–Kier alpha value is -2.63. The van der Waals surface area contributed by atoms with Gasteiger partial charge in [-0.15, -0.1) is 0 Å². The van der Waals surface area contributed by atoms with Crippen LogP contribution in [0.5, 0.6) is 0 Å². The number of hydrogen-bond donors (Lipinski definition) is 2. The van der Waals surface area contributed by atoms with Crippen LogP contribution in [0.3, 0.4) is 0 Å². The fourth-order valence-corrected chi connectivity index (χ4v) is 2.35. The maximum Gasteiger partial charge on any atom is 0.306 e. The normalized spacial score (nSPS) is 20.6. The summed E-state index contributed by atoms with van der Waals surface area (Å²) in [7, 11) is 0. The van der Waals surface area contributed by atoms with E-state index < -0.39 is 5.97 Å². The Morgan fingerprint density at radius 3 is 2.52 bits per heavy atom. The molecule has 6 heteroatoms. The quantitative estimate of drug-likeness (QED) is 0.896. The van der Waals surface area contributed by atoms with Crippen LogP contribution in [-0.2, 0) is 4.79 Å². The van der Waals surface area contributed by atoms with Crippen molar-refractivity contribution in [1.29, 1.82) is 0 Å². The number of aromatic nitrogens is 1. The van der Waals surface area contributed by atoms with Gasteiger partial charge in [-0.25, -0.2) is 4.98 Å². The molecule has 1 fully saturated rings. The number of nitrogens with zero attached hydrogens (tertiary/aromatic N) is 1. The number of carboxylic acid groups (broad SMARTS) is 1. The van der Waals surface area contributed by atoms with E-state index in [0.29, 0.717) is 24.2 Å². The molecule has 0 bridgehead atoms. The lowest BCUT2D eigenvalue weighted by Gasteiger charge is -2.32. The van der Waals surface area contributed by atoms with E-state index in [0.717, 1.165) is 5.56 Å². The molecule has 0 aliphatic heterocycles. The second-order valence-corrected chi connectivity index (χ2v) is 5.12. The van der Waals surface area contributed by atoms with Gasteiger partial charge in [0.05, 0.1) is 12.1 Å². The van der Waals surface area contributed by atoms with Crippen LogP contribution in [-0.4, -0.2) is 28.0 Å². The van der Waals surface area contributed by atoms with E-state index in [-0.39, 0.29) is 17.9 Å². The first-order valence-corrected chi connectivity index (χ1v) is 6.66. The van der Waals surface area contributed by atoms with E-state index in [1.807, 2.05) is 0 Å². The van der Waals surface area contributed by atoms with E-state index in [4.69, 9.17) is 9.52 Å². The molecule has 1 aliphatic carbocycles. The van der Waals surface area contributed by atoms with E-state index in [1.54, 1.807) is 30.5 Å². The summed E-state index contributed by atoms with van der Waals surface area (Å²) in [4.78, 5) is 26.6. The molecule has 1 saturated carbocycles. The molecule has 1 amide bonds. The van der Waals surface area contributed by atoms with E-state index >= 15 is 0 Å². The minimum absolute atomic E-state index is 0.0486. The third kappa shape index (κ3) is 2.79. The highest BCUT2D eigenvalue weighted by molar-refractivity contribution is 5.95. The van der Waals surface area contributed by atoms with Crippen LogP contribution < -0.4 is 5.32 Å². The highest BCUT2D eigenvalue weighted by Gasteiger charge is 2.35. The van der Waals surface area contributed by atoms with Crippen LogP contribution in [0.2, 0.25) is 0 Å². The fraction of sp³-hybridized carbons (Fsp3) is 0.267. The first-order chi connectivity index (χ1) is 10.1. The van der Waals surface area contributed by atoms with Gasteiger partial charge in [0.2, 0.25) is 0 Å². The molecule has 0 atom stereocenters. The second-order valence-electron chi connectivity index (χ2n) is 5.12. The molecule has 0 spiro atoms. The van der Waals surface area contributed by atoms with Gasteiger partial charge in [0.1, 0.15) is 0 Å². The average Bonchev–Trinajstić information content (AvgIpc) is 2.96. The largest absolute Gasteiger partial charge is 0.481 e. The third-order valence-corrected chi connectivity index (χ3v) is 3.69. The maximum absolute atomic E-state index is 12.0. The van der Waals surface area contributed by atoms with Crippen molar-refractivity contribution in [3.8, 4) is 11.3 Å². The van der Waals surface area contributed by atoms with Gasteiger partial charge in [0, 0.05) is 17.2 Å². The molecule has 0 saturated heterocycles. The maximum atomic E-state index is 12.0. The average molecular weight is 286 g/mol. The van der Waals surface area contributed by atoms with Crippen molar-refractivity contribution in [2.24, 2.45) is 5.92 Å². The van der Waals surface area contributed by atoms with Crippen molar-refractivity contribution >= 4 is 11.9 Å². The molecule has 2 N–H and O–H groups in total. The smallest absolute Gasteiger partial charge is 0.306 e. The summed E-state index contributed by atoms with van der Waals surface area (Å²) in [5, 5.41) is 11.6. The van der Waals surface area contributed by atoms with Crippen molar-refractivity contribution in [3.63, 3.8) is 0 Å². The molecular formula is C15H14N2O4. The molecule has 0 radical (unpaired) electrons. The first kappa shape index (κ1) is 13.4. The van der Waals surface area contributed by atoms with E-state index in [9.17, 15) is 9.59 Å². The molecular weight excluding hydrogens is 272 g/mol.